The summed E-state index contributed by atoms with van der Waals surface area (Å²) in [7, 11) is -1.59. The molecule has 3 rings (SSSR count). The van der Waals surface area contributed by atoms with E-state index in [1.54, 1.807) is 48.3 Å². The van der Waals surface area contributed by atoms with Gasteiger partial charge in [0.05, 0.1) is 29.7 Å². The third-order valence-corrected chi connectivity index (χ3v) is 6.46. The van der Waals surface area contributed by atoms with E-state index >= 15 is 0 Å². The third-order valence-electron chi connectivity index (χ3n) is 4.71. The molecule has 2 aromatic carbocycles. The largest absolute Gasteiger partial charge is 0.375 e. The first kappa shape index (κ1) is 19.9. The molecule has 1 atom stereocenters. The van der Waals surface area contributed by atoms with E-state index in [4.69, 9.17) is 0 Å². The molecule has 7 nitrogen and oxygen atoms in total. The summed E-state index contributed by atoms with van der Waals surface area (Å²) >= 11 is 0. The number of amides is 2. The van der Waals surface area contributed by atoms with Crippen molar-refractivity contribution < 1.29 is 18.0 Å². The highest BCUT2D eigenvalue weighted by Gasteiger charge is 2.35. The second-order valence-corrected chi connectivity index (χ2v) is 8.86. The molecular formula is C20H23N3O4S. The van der Waals surface area contributed by atoms with E-state index in [2.05, 4.69) is 10.6 Å². The Balaban J connectivity index is 1.81. The lowest BCUT2D eigenvalue weighted by atomic mass is 10.1. The summed E-state index contributed by atoms with van der Waals surface area (Å²) in [5.41, 5.74) is 1.64. The van der Waals surface area contributed by atoms with Gasteiger partial charge < -0.3 is 15.5 Å². The number of hydrogen-bond donors (Lipinski definition) is 2. The normalized spacial score (nSPS) is 17.7. The van der Waals surface area contributed by atoms with Crippen LogP contribution in [0.5, 0.6) is 0 Å². The van der Waals surface area contributed by atoms with Gasteiger partial charge in [-0.25, -0.2) is 8.42 Å². The maximum Gasteiger partial charge on any atom is 0.253 e. The van der Waals surface area contributed by atoms with Crippen LogP contribution in [-0.2, 0) is 14.6 Å². The number of nitrogens with one attached hydrogen (secondary N) is 2. The maximum absolute atomic E-state index is 13.0. The number of anilines is 2. The molecule has 0 aromatic heterocycles. The number of para-hydroxylation sites is 2. The molecule has 0 saturated carbocycles. The second kappa shape index (κ2) is 8.43. The van der Waals surface area contributed by atoms with Gasteiger partial charge in [0, 0.05) is 18.4 Å². The molecule has 0 aliphatic carbocycles. The first-order valence-corrected chi connectivity index (χ1v) is 10.9. The van der Waals surface area contributed by atoms with Crippen LogP contribution in [0.2, 0.25) is 0 Å². The Labute approximate surface area is 164 Å². The number of carbonyl (C=O) groups excluding carboxylic acids is 2. The average molecular weight is 401 g/mol. The van der Waals surface area contributed by atoms with Crippen LogP contribution in [-0.4, -0.2) is 51.4 Å². The highest BCUT2D eigenvalue weighted by atomic mass is 32.2. The fourth-order valence-corrected chi connectivity index (χ4v) is 5.05. The van der Waals surface area contributed by atoms with E-state index in [9.17, 15) is 18.0 Å². The van der Waals surface area contributed by atoms with Crippen molar-refractivity contribution in [2.45, 2.75) is 12.5 Å². The van der Waals surface area contributed by atoms with Crippen LogP contribution in [0, 0.1) is 0 Å². The van der Waals surface area contributed by atoms with Crippen LogP contribution in [0.15, 0.2) is 54.6 Å². The molecule has 2 N–H and O–H groups in total. The first-order chi connectivity index (χ1) is 13.4. The maximum atomic E-state index is 13.0. The molecule has 1 aliphatic heterocycles. The molecule has 0 bridgehead atoms. The fraction of sp³-hybridized carbons (Fsp3) is 0.300. The van der Waals surface area contributed by atoms with Crippen molar-refractivity contribution in [3.05, 3.63) is 60.2 Å². The van der Waals surface area contributed by atoms with E-state index in [0.717, 1.165) is 0 Å². The molecule has 1 fully saturated rings. The zero-order valence-electron chi connectivity index (χ0n) is 15.6. The summed E-state index contributed by atoms with van der Waals surface area (Å²) in [4.78, 5) is 26.6. The summed E-state index contributed by atoms with van der Waals surface area (Å²) < 4.78 is 23.9. The molecule has 2 amide bonds. The highest BCUT2D eigenvalue weighted by molar-refractivity contribution is 7.91. The SMILES string of the molecule is CNC(=O)c1ccccc1NCC(=O)N(c1ccccc1)[C@H]1CCS(=O)(=O)C1. The quantitative estimate of drug-likeness (QED) is 0.768. The number of rotatable bonds is 6. The van der Waals surface area contributed by atoms with Crippen LogP contribution in [0.3, 0.4) is 0 Å². The van der Waals surface area contributed by atoms with E-state index in [-0.39, 0.29) is 29.9 Å². The van der Waals surface area contributed by atoms with E-state index < -0.39 is 15.9 Å². The Bertz CT molecular complexity index is 960. The lowest BCUT2D eigenvalue weighted by molar-refractivity contribution is -0.117. The van der Waals surface area contributed by atoms with Crippen molar-refractivity contribution in [3.8, 4) is 0 Å². The topological polar surface area (TPSA) is 95.6 Å². The molecule has 2 aromatic rings. The predicted molar refractivity (Wildman–Crippen MR) is 109 cm³/mol. The van der Waals surface area contributed by atoms with E-state index in [1.807, 2.05) is 18.2 Å². The molecule has 1 saturated heterocycles. The van der Waals surface area contributed by atoms with Gasteiger partial charge in [0.2, 0.25) is 5.91 Å². The zero-order chi connectivity index (χ0) is 20.1. The van der Waals surface area contributed by atoms with Crippen molar-refractivity contribution in [1.82, 2.24) is 5.32 Å². The second-order valence-electron chi connectivity index (χ2n) is 6.63. The molecular weight excluding hydrogens is 378 g/mol. The van der Waals surface area contributed by atoms with Crippen LogP contribution in [0.25, 0.3) is 0 Å². The zero-order valence-corrected chi connectivity index (χ0v) is 16.4. The Hall–Kier alpha value is -2.87. The van der Waals surface area contributed by atoms with Crippen molar-refractivity contribution in [2.24, 2.45) is 0 Å². The van der Waals surface area contributed by atoms with Gasteiger partial charge in [-0.05, 0) is 30.7 Å². The summed E-state index contributed by atoms with van der Waals surface area (Å²) in [6.07, 6.45) is 0.414. The van der Waals surface area contributed by atoms with Gasteiger partial charge in [0.15, 0.2) is 9.84 Å². The minimum Gasteiger partial charge on any atom is -0.375 e. The molecule has 148 valence electrons. The summed E-state index contributed by atoms with van der Waals surface area (Å²) in [6, 6.07) is 15.6. The standard InChI is InChI=1S/C20H23N3O4S/c1-21-20(25)17-9-5-6-10-18(17)22-13-19(24)23(15-7-3-2-4-8-15)16-11-12-28(26,27)14-16/h2-10,16,22H,11-14H2,1H3,(H,21,25)/t16-/m0/s1. The van der Waals surface area contributed by atoms with Crippen LogP contribution in [0.1, 0.15) is 16.8 Å². The third kappa shape index (κ3) is 4.51. The minimum atomic E-state index is -3.14. The first-order valence-electron chi connectivity index (χ1n) is 9.04. The number of nitrogens with zero attached hydrogens (tertiary/aromatic N) is 1. The Morgan fingerprint density at radius 1 is 1.07 bits per heavy atom. The van der Waals surface area contributed by atoms with Gasteiger partial charge in [-0.1, -0.05) is 30.3 Å². The van der Waals surface area contributed by atoms with Gasteiger partial charge in [0.1, 0.15) is 0 Å². The van der Waals surface area contributed by atoms with Crippen molar-refractivity contribution in [1.29, 1.82) is 0 Å². The summed E-state index contributed by atoms with van der Waals surface area (Å²) in [5, 5.41) is 5.59. The van der Waals surface area contributed by atoms with Gasteiger partial charge in [-0.2, -0.15) is 0 Å². The molecule has 28 heavy (non-hydrogen) atoms. The number of benzene rings is 2. The Morgan fingerprint density at radius 3 is 2.39 bits per heavy atom. The smallest absolute Gasteiger partial charge is 0.253 e. The Morgan fingerprint density at radius 2 is 1.75 bits per heavy atom. The van der Waals surface area contributed by atoms with Gasteiger partial charge in [-0.15, -0.1) is 0 Å². The number of sulfone groups is 1. The summed E-state index contributed by atoms with van der Waals surface area (Å²) in [6.45, 7) is -0.0561. The lowest BCUT2D eigenvalue weighted by Gasteiger charge is -2.29. The van der Waals surface area contributed by atoms with Gasteiger partial charge in [0.25, 0.3) is 5.91 Å². The van der Waals surface area contributed by atoms with Gasteiger partial charge in [-0.3, -0.25) is 9.59 Å². The van der Waals surface area contributed by atoms with Crippen molar-refractivity contribution in [2.75, 3.05) is 35.3 Å². The van der Waals surface area contributed by atoms with Crippen molar-refractivity contribution in [3.63, 3.8) is 0 Å². The number of carbonyl (C=O) groups is 2. The molecule has 0 unspecified atom stereocenters. The van der Waals surface area contributed by atoms with Crippen LogP contribution in [0.4, 0.5) is 11.4 Å². The van der Waals surface area contributed by atoms with Crippen LogP contribution < -0.4 is 15.5 Å². The fourth-order valence-electron chi connectivity index (χ4n) is 3.35. The summed E-state index contributed by atoms with van der Waals surface area (Å²) in [5.74, 6) is -0.457. The molecule has 8 heteroatoms. The van der Waals surface area contributed by atoms with Crippen LogP contribution >= 0.6 is 0 Å². The van der Waals surface area contributed by atoms with E-state index in [1.165, 1.54) is 0 Å². The molecule has 0 radical (unpaired) electrons. The Kier molecular flexibility index (Phi) is 5.99. The minimum absolute atomic E-state index is 0.0392. The van der Waals surface area contributed by atoms with E-state index in [0.29, 0.717) is 23.4 Å². The molecule has 1 aliphatic rings. The highest BCUT2D eigenvalue weighted by Crippen LogP contribution is 2.25. The predicted octanol–water partition coefficient (Wildman–Crippen LogP) is 1.68. The monoisotopic (exact) mass is 401 g/mol. The average Bonchev–Trinajstić information content (AvgIpc) is 3.06. The van der Waals surface area contributed by atoms with Gasteiger partial charge >= 0.3 is 0 Å². The molecule has 1 heterocycles. The molecule has 0 spiro atoms. The number of hydrogen-bond acceptors (Lipinski definition) is 5. The lowest BCUT2D eigenvalue weighted by Crippen LogP contribution is -2.44. The van der Waals surface area contributed by atoms with Crippen molar-refractivity contribution >= 4 is 33.0 Å².